The summed E-state index contributed by atoms with van der Waals surface area (Å²) in [4.78, 5) is 2.04. The van der Waals surface area contributed by atoms with Gasteiger partial charge in [0.1, 0.15) is 5.76 Å². The fraction of sp³-hybridized carbons (Fsp3) is 0.538. The Kier molecular flexibility index (Phi) is 4.47. The molecule has 0 aliphatic heterocycles. The SMILES string of the molecule is CCCCC1=C(O)C=CC(=CN(C)C)C1. The minimum absolute atomic E-state index is 0.472. The maximum Gasteiger partial charge on any atom is 0.115 e. The van der Waals surface area contributed by atoms with E-state index in [-0.39, 0.29) is 0 Å². The molecule has 0 spiro atoms. The minimum Gasteiger partial charge on any atom is -0.508 e. The highest BCUT2D eigenvalue weighted by molar-refractivity contribution is 5.37. The van der Waals surface area contributed by atoms with Crippen LogP contribution in [0.3, 0.4) is 0 Å². The first-order valence-corrected chi connectivity index (χ1v) is 5.59. The van der Waals surface area contributed by atoms with E-state index in [9.17, 15) is 5.11 Å². The summed E-state index contributed by atoms with van der Waals surface area (Å²) in [6.45, 7) is 2.17. The summed E-state index contributed by atoms with van der Waals surface area (Å²) < 4.78 is 0. The molecule has 1 rings (SSSR count). The largest absolute Gasteiger partial charge is 0.508 e. The standard InChI is InChI=1S/C13H21NO/c1-4-5-6-12-9-11(10-14(2)3)7-8-13(12)15/h7-8,10,15H,4-6,9H2,1-3H3. The van der Waals surface area contributed by atoms with E-state index >= 15 is 0 Å². The molecule has 0 fully saturated rings. The predicted molar refractivity (Wildman–Crippen MR) is 64.7 cm³/mol. The van der Waals surface area contributed by atoms with Gasteiger partial charge < -0.3 is 10.0 Å². The molecule has 0 bridgehead atoms. The van der Waals surface area contributed by atoms with Gasteiger partial charge in [0.25, 0.3) is 0 Å². The van der Waals surface area contributed by atoms with E-state index in [4.69, 9.17) is 0 Å². The van der Waals surface area contributed by atoms with Gasteiger partial charge in [-0.2, -0.15) is 0 Å². The lowest BCUT2D eigenvalue weighted by Crippen LogP contribution is -2.05. The molecule has 0 aromatic rings. The zero-order valence-electron chi connectivity index (χ0n) is 9.95. The van der Waals surface area contributed by atoms with Crippen LogP contribution in [-0.4, -0.2) is 24.1 Å². The minimum atomic E-state index is 0.472. The average Bonchev–Trinajstić information content (AvgIpc) is 2.18. The highest BCUT2D eigenvalue weighted by Gasteiger charge is 2.10. The summed E-state index contributed by atoms with van der Waals surface area (Å²) in [7, 11) is 4.04. The highest BCUT2D eigenvalue weighted by atomic mass is 16.3. The fourth-order valence-electron chi connectivity index (χ4n) is 1.73. The van der Waals surface area contributed by atoms with E-state index in [1.807, 2.05) is 31.1 Å². The van der Waals surface area contributed by atoms with Gasteiger partial charge in [0.15, 0.2) is 0 Å². The van der Waals surface area contributed by atoms with E-state index in [1.54, 1.807) is 0 Å². The number of allylic oxidation sites excluding steroid dienone is 4. The third-order valence-electron chi connectivity index (χ3n) is 2.49. The lowest BCUT2D eigenvalue weighted by molar-refractivity contribution is 0.417. The number of nitrogens with zero attached hydrogens (tertiary/aromatic N) is 1. The zero-order chi connectivity index (χ0) is 11.3. The van der Waals surface area contributed by atoms with Crippen molar-refractivity contribution in [3.8, 4) is 0 Å². The molecule has 1 aliphatic rings. The van der Waals surface area contributed by atoms with Crippen LogP contribution in [0.4, 0.5) is 0 Å². The number of hydrogen-bond donors (Lipinski definition) is 1. The van der Waals surface area contributed by atoms with Crippen LogP contribution in [0.25, 0.3) is 0 Å². The van der Waals surface area contributed by atoms with Crippen molar-refractivity contribution in [2.75, 3.05) is 14.1 Å². The van der Waals surface area contributed by atoms with Crippen molar-refractivity contribution < 1.29 is 5.11 Å². The second-order valence-electron chi connectivity index (χ2n) is 4.27. The highest BCUT2D eigenvalue weighted by Crippen LogP contribution is 2.25. The van der Waals surface area contributed by atoms with E-state index in [0.29, 0.717) is 5.76 Å². The third-order valence-corrected chi connectivity index (χ3v) is 2.49. The first-order chi connectivity index (χ1) is 7.13. The summed E-state index contributed by atoms with van der Waals surface area (Å²) in [5.41, 5.74) is 2.44. The fourth-order valence-corrected chi connectivity index (χ4v) is 1.73. The number of unbranched alkanes of at least 4 members (excludes halogenated alkanes) is 1. The molecule has 0 saturated carbocycles. The molecule has 0 unspecified atom stereocenters. The Balaban J connectivity index is 2.67. The van der Waals surface area contributed by atoms with Crippen molar-refractivity contribution in [1.82, 2.24) is 4.90 Å². The summed E-state index contributed by atoms with van der Waals surface area (Å²) in [6.07, 6.45) is 10.1. The van der Waals surface area contributed by atoms with Crippen LogP contribution < -0.4 is 0 Å². The summed E-state index contributed by atoms with van der Waals surface area (Å²) >= 11 is 0. The van der Waals surface area contributed by atoms with Gasteiger partial charge in [-0.05, 0) is 36.5 Å². The molecule has 2 nitrogen and oxygen atoms in total. The van der Waals surface area contributed by atoms with Crippen molar-refractivity contribution in [2.45, 2.75) is 32.6 Å². The third kappa shape index (κ3) is 3.82. The number of hydrogen-bond acceptors (Lipinski definition) is 2. The van der Waals surface area contributed by atoms with E-state index in [0.717, 1.165) is 19.3 Å². The molecule has 0 aromatic carbocycles. The molecule has 1 aliphatic carbocycles. The number of aliphatic hydroxyl groups excluding tert-OH is 1. The van der Waals surface area contributed by atoms with Crippen LogP contribution in [-0.2, 0) is 0 Å². The van der Waals surface area contributed by atoms with Crippen LogP contribution in [0.15, 0.2) is 35.3 Å². The van der Waals surface area contributed by atoms with Crippen molar-refractivity contribution in [2.24, 2.45) is 0 Å². The van der Waals surface area contributed by atoms with Gasteiger partial charge >= 0.3 is 0 Å². The van der Waals surface area contributed by atoms with Gasteiger partial charge in [-0.15, -0.1) is 0 Å². The van der Waals surface area contributed by atoms with Crippen LogP contribution in [0.5, 0.6) is 0 Å². The quantitative estimate of drug-likeness (QED) is 0.763. The van der Waals surface area contributed by atoms with Gasteiger partial charge in [0.05, 0.1) is 0 Å². The Morgan fingerprint density at radius 1 is 1.40 bits per heavy atom. The first-order valence-electron chi connectivity index (χ1n) is 5.59. The smallest absolute Gasteiger partial charge is 0.115 e. The normalized spacial score (nSPS) is 18.7. The molecular formula is C13H21NO. The molecule has 1 N–H and O–H groups in total. The van der Waals surface area contributed by atoms with Crippen LogP contribution in [0.1, 0.15) is 32.6 Å². The molecule has 0 heterocycles. The van der Waals surface area contributed by atoms with E-state index in [1.165, 1.54) is 17.6 Å². The molecule has 0 amide bonds. The Hall–Kier alpha value is -1.18. The summed E-state index contributed by atoms with van der Waals surface area (Å²) in [5.74, 6) is 0.472. The van der Waals surface area contributed by atoms with Gasteiger partial charge in [-0.1, -0.05) is 19.4 Å². The first kappa shape index (κ1) is 11.9. The Morgan fingerprint density at radius 3 is 2.73 bits per heavy atom. The Bertz CT molecular complexity index is 298. The number of rotatable bonds is 4. The van der Waals surface area contributed by atoms with Crippen LogP contribution >= 0.6 is 0 Å². The molecule has 0 atom stereocenters. The number of aliphatic hydroxyl groups is 1. The van der Waals surface area contributed by atoms with Crippen molar-refractivity contribution in [3.63, 3.8) is 0 Å². The Morgan fingerprint density at radius 2 is 2.13 bits per heavy atom. The van der Waals surface area contributed by atoms with E-state index in [2.05, 4.69) is 13.1 Å². The van der Waals surface area contributed by atoms with Gasteiger partial charge in [0, 0.05) is 20.3 Å². The molecular weight excluding hydrogens is 186 g/mol. The molecule has 0 aromatic heterocycles. The second kappa shape index (κ2) is 5.64. The summed E-state index contributed by atoms with van der Waals surface area (Å²) in [5, 5.41) is 9.70. The summed E-state index contributed by atoms with van der Waals surface area (Å²) in [6, 6.07) is 0. The van der Waals surface area contributed by atoms with Crippen LogP contribution in [0.2, 0.25) is 0 Å². The monoisotopic (exact) mass is 207 g/mol. The lowest BCUT2D eigenvalue weighted by atomic mass is 9.95. The van der Waals surface area contributed by atoms with Gasteiger partial charge in [0.2, 0.25) is 0 Å². The van der Waals surface area contributed by atoms with Crippen molar-refractivity contribution in [1.29, 1.82) is 0 Å². The van der Waals surface area contributed by atoms with Gasteiger partial charge in [-0.3, -0.25) is 0 Å². The molecule has 0 radical (unpaired) electrons. The van der Waals surface area contributed by atoms with Gasteiger partial charge in [-0.25, -0.2) is 0 Å². The molecule has 2 heteroatoms. The molecule has 84 valence electrons. The van der Waals surface area contributed by atoms with Crippen molar-refractivity contribution in [3.05, 3.63) is 35.3 Å². The maximum atomic E-state index is 9.70. The topological polar surface area (TPSA) is 23.5 Å². The average molecular weight is 207 g/mol. The lowest BCUT2D eigenvalue weighted by Gasteiger charge is -2.16. The molecule has 15 heavy (non-hydrogen) atoms. The van der Waals surface area contributed by atoms with Crippen molar-refractivity contribution >= 4 is 0 Å². The second-order valence-corrected chi connectivity index (χ2v) is 4.27. The maximum absolute atomic E-state index is 9.70. The molecule has 0 saturated heterocycles. The van der Waals surface area contributed by atoms with Crippen LogP contribution in [0, 0.1) is 0 Å². The Labute approximate surface area is 92.6 Å². The van der Waals surface area contributed by atoms with E-state index < -0.39 is 0 Å². The predicted octanol–water partition coefficient (Wildman–Crippen LogP) is 3.39. The zero-order valence-corrected chi connectivity index (χ0v) is 9.95.